The molecule has 200 valence electrons. The van der Waals surface area contributed by atoms with E-state index in [0.29, 0.717) is 17.9 Å². The predicted molar refractivity (Wildman–Crippen MR) is 149 cm³/mol. The standard InChI is InChI=1S/C28H33N5O4S/c1-36-23-13-8-14-24(37-2)26(23)22-17-21(32-33(22)20-11-6-7-12-20)27(35)30-19(16-25(34)31-28(29)38)15-18-9-4-3-5-10-18/h3-5,8-10,13-14,17,19-20H,6-7,11-12,15-16H2,1-2H3,(H,30,35)(H3,29,31,34,38)/t19-/m0/s1. The molecule has 1 atom stereocenters. The summed E-state index contributed by atoms with van der Waals surface area (Å²) in [4.78, 5) is 26.0. The molecule has 0 spiro atoms. The number of thiocarbonyl (C=S) groups is 1. The van der Waals surface area contributed by atoms with E-state index in [1.165, 1.54) is 0 Å². The van der Waals surface area contributed by atoms with Crippen molar-refractivity contribution in [3.8, 4) is 22.8 Å². The number of aromatic nitrogens is 2. The van der Waals surface area contributed by atoms with Gasteiger partial charge in [0.25, 0.3) is 5.91 Å². The third-order valence-electron chi connectivity index (χ3n) is 6.68. The van der Waals surface area contributed by atoms with Crippen molar-refractivity contribution < 1.29 is 19.1 Å². The van der Waals surface area contributed by atoms with Crippen LogP contribution in [0.4, 0.5) is 0 Å². The zero-order valence-electron chi connectivity index (χ0n) is 21.6. The van der Waals surface area contributed by atoms with Crippen molar-refractivity contribution in [2.75, 3.05) is 14.2 Å². The van der Waals surface area contributed by atoms with Gasteiger partial charge in [0.15, 0.2) is 10.8 Å². The normalized spacial score (nSPS) is 14.1. The molecule has 9 nitrogen and oxygen atoms in total. The highest BCUT2D eigenvalue weighted by Gasteiger charge is 2.28. The van der Waals surface area contributed by atoms with Crippen LogP contribution in [0.25, 0.3) is 11.3 Å². The molecule has 10 heteroatoms. The Labute approximate surface area is 227 Å². The Bertz CT molecular complexity index is 1270. The molecule has 1 aliphatic carbocycles. The maximum atomic E-state index is 13.5. The smallest absolute Gasteiger partial charge is 0.272 e. The van der Waals surface area contributed by atoms with Crippen LogP contribution >= 0.6 is 12.2 Å². The maximum absolute atomic E-state index is 13.5. The lowest BCUT2D eigenvalue weighted by Crippen LogP contribution is -2.43. The molecule has 0 radical (unpaired) electrons. The number of hydrogen-bond donors (Lipinski definition) is 3. The van der Waals surface area contributed by atoms with Crippen LogP contribution in [-0.4, -0.2) is 47.0 Å². The van der Waals surface area contributed by atoms with Gasteiger partial charge in [0.05, 0.1) is 31.5 Å². The van der Waals surface area contributed by atoms with E-state index in [2.05, 4.69) is 10.6 Å². The molecular formula is C28H33N5O4S. The van der Waals surface area contributed by atoms with Gasteiger partial charge in [-0.2, -0.15) is 5.10 Å². The average Bonchev–Trinajstić information content (AvgIpc) is 3.58. The number of ether oxygens (including phenoxy) is 2. The van der Waals surface area contributed by atoms with Gasteiger partial charge in [-0.15, -0.1) is 0 Å². The van der Waals surface area contributed by atoms with Crippen LogP contribution in [0.5, 0.6) is 11.5 Å². The van der Waals surface area contributed by atoms with Gasteiger partial charge in [-0.1, -0.05) is 49.2 Å². The molecule has 1 aliphatic rings. The zero-order valence-corrected chi connectivity index (χ0v) is 22.4. The van der Waals surface area contributed by atoms with Crippen LogP contribution in [0.1, 0.15) is 54.2 Å². The van der Waals surface area contributed by atoms with Crippen LogP contribution in [0, 0.1) is 0 Å². The Morgan fingerprint density at radius 2 is 1.74 bits per heavy atom. The van der Waals surface area contributed by atoms with E-state index in [9.17, 15) is 9.59 Å². The third kappa shape index (κ3) is 6.49. The SMILES string of the molecule is COc1cccc(OC)c1-c1cc(C(=O)N[C@H](CC(=O)NC(N)=S)Cc2ccccc2)nn1C1CCCC1. The lowest BCUT2D eigenvalue weighted by atomic mass is 10.0. The summed E-state index contributed by atoms with van der Waals surface area (Å²) in [5, 5.41) is 10.1. The van der Waals surface area contributed by atoms with Gasteiger partial charge in [-0.05, 0) is 55.2 Å². The minimum absolute atomic E-state index is 0.00843. The first-order chi connectivity index (χ1) is 18.4. The summed E-state index contributed by atoms with van der Waals surface area (Å²) in [6.45, 7) is 0. The number of carbonyl (C=O) groups excluding carboxylic acids is 2. The third-order valence-corrected chi connectivity index (χ3v) is 6.78. The van der Waals surface area contributed by atoms with Crippen LogP contribution in [0.3, 0.4) is 0 Å². The summed E-state index contributed by atoms with van der Waals surface area (Å²) in [6, 6.07) is 16.7. The van der Waals surface area contributed by atoms with E-state index in [1.54, 1.807) is 20.3 Å². The van der Waals surface area contributed by atoms with Gasteiger partial charge in [-0.3, -0.25) is 14.3 Å². The molecule has 0 bridgehead atoms. The molecule has 3 aromatic rings. The van der Waals surface area contributed by atoms with E-state index in [0.717, 1.165) is 42.5 Å². The minimum Gasteiger partial charge on any atom is -0.496 e. The summed E-state index contributed by atoms with van der Waals surface area (Å²) >= 11 is 4.80. The first kappa shape index (κ1) is 27.1. The van der Waals surface area contributed by atoms with Gasteiger partial charge in [0, 0.05) is 12.5 Å². The highest BCUT2D eigenvalue weighted by atomic mass is 32.1. The second kappa shape index (κ2) is 12.6. The number of rotatable bonds is 10. The van der Waals surface area contributed by atoms with Crippen molar-refractivity contribution in [3.63, 3.8) is 0 Å². The van der Waals surface area contributed by atoms with E-state index < -0.39 is 6.04 Å². The summed E-state index contributed by atoms with van der Waals surface area (Å²) in [7, 11) is 3.21. The number of methoxy groups -OCH3 is 2. The van der Waals surface area contributed by atoms with Gasteiger partial charge >= 0.3 is 0 Å². The summed E-state index contributed by atoms with van der Waals surface area (Å²) in [6.07, 6.45) is 4.62. The molecule has 1 aromatic heterocycles. The Morgan fingerprint density at radius 3 is 2.34 bits per heavy atom. The average molecular weight is 536 g/mol. The number of carbonyl (C=O) groups is 2. The second-order valence-electron chi connectivity index (χ2n) is 9.31. The van der Waals surface area contributed by atoms with Crippen molar-refractivity contribution in [2.24, 2.45) is 5.73 Å². The van der Waals surface area contributed by atoms with Crippen molar-refractivity contribution in [3.05, 3.63) is 65.9 Å². The first-order valence-electron chi connectivity index (χ1n) is 12.6. The lowest BCUT2D eigenvalue weighted by molar-refractivity contribution is -0.120. The number of nitrogens with two attached hydrogens (primary N) is 1. The van der Waals surface area contributed by atoms with E-state index in [1.807, 2.05) is 53.2 Å². The summed E-state index contributed by atoms with van der Waals surface area (Å²) in [5.41, 5.74) is 8.21. The quantitative estimate of drug-likeness (QED) is 0.338. The van der Waals surface area contributed by atoms with Crippen molar-refractivity contribution >= 4 is 29.1 Å². The highest BCUT2D eigenvalue weighted by molar-refractivity contribution is 7.80. The molecular weight excluding hydrogens is 502 g/mol. The van der Waals surface area contributed by atoms with E-state index in [4.69, 9.17) is 32.5 Å². The topological polar surface area (TPSA) is 120 Å². The molecule has 4 rings (SSSR count). The Morgan fingerprint density at radius 1 is 1.08 bits per heavy atom. The molecule has 38 heavy (non-hydrogen) atoms. The molecule has 0 saturated heterocycles. The van der Waals surface area contributed by atoms with Crippen LogP contribution in [-0.2, 0) is 11.2 Å². The van der Waals surface area contributed by atoms with Crippen molar-refractivity contribution in [1.29, 1.82) is 0 Å². The molecule has 1 fully saturated rings. The number of nitrogens with one attached hydrogen (secondary N) is 2. The molecule has 4 N–H and O–H groups in total. The Kier molecular flexibility index (Phi) is 8.96. The molecule has 2 amide bonds. The first-order valence-corrected chi connectivity index (χ1v) is 13.1. The largest absolute Gasteiger partial charge is 0.496 e. The maximum Gasteiger partial charge on any atom is 0.272 e. The molecule has 0 unspecified atom stereocenters. The highest BCUT2D eigenvalue weighted by Crippen LogP contribution is 2.41. The van der Waals surface area contributed by atoms with Gasteiger partial charge in [0.1, 0.15) is 11.5 Å². The molecule has 1 heterocycles. The second-order valence-corrected chi connectivity index (χ2v) is 9.75. The number of nitrogens with zero attached hydrogens (tertiary/aromatic N) is 2. The van der Waals surface area contributed by atoms with E-state index >= 15 is 0 Å². The number of hydrogen-bond acceptors (Lipinski definition) is 6. The van der Waals surface area contributed by atoms with Crippen LogP contribution in [0.15, 0.2) is 54.6 Å². The van der Waals surface area contributed by atoms with Crippen molar-refractivity contribution in [2.45, 2.75) is 50.6 Å². The Hall–Kier alpha value is -3.92. The molecule has 0 aliphatic heterocycles. The lowest BCUT2D eigenvalue weighted by Gasteiger charge is -2.18. The number of benzene rings is 2. The van der Waals surface area contributed by atoms with Gasteiger partial charge in [0.2, 0.25) is 5.91 Å². The molecule has 2 aromatic carbocycles. The fraction of sp³-hybridized carbons (Fsp3) is 0.357. The minimum atomic E-state index is -0.500. The summed E-state index contributed by atoms with van der Waals surface area (Å²) in [5.74, 6) is 0.522. The fourth-order valence-electron chi connectivity index (χ4n) is 4.97. The summed E-state index contributed by atoms with van der Waals surface area (Å²) < 4.78 is 13.2. The fourth-order valence-corrected chi connectivity index (χ4v) is 5.08. The van der Waals surface area contributed by atoms with E-state index in [-0.39, 0.29) is 35.1 Å². The van der Waals surface area contributed by atoms with Crippen LogP contribution in [0.2, 0.25) is 0 Å². The van der Waals surface area contributed by atoms with Gasteiger partial charge in [-0.25, -0.2) is 0 Å². The van der Waals surface area contributed by atoms with Crippen LogP contribution < -0.4 is 25.8 Å². The predicted octanol–water partition coefficient (Wildman–Crippen LogP) is 3.77. The number of amides is 2. The van der Waals surface area contributed by atoms with Crippen molar-refractivity contribution in [1.82, 2.24) is 20.4 Å². The Balaban J connectivity index is 1.67. The zero-order chi connectivity index (χ0) is 27.1. The monoisotopic (exact) mass is 535 g/mol. The molecule has 1 saturated carbocycles. The van der Waals surface area contributed by atoms with Gasteiger partial charge < -0.3 is 25.8 Å².